The Labute approximate surface area is 103 Å². The van der Waals surface area contributed by atoms with E-state index in [1.165, 1.54) is 17.8 Å². The van der Waals surface area contributed by atoms with Gasteiger partial charge in [-0.05, 0) is 19.4 Å². The summed E-state index contributed by atoms with van der Waals surface area (Å²) in [6, 6.07) is 0. The Balaban J connectivity index is 1.82. The molecule has 0 radical (unpaired) electrons. The summed E-state index contributed by atoms with van der Waals surface area (Å²) in [4.78, 5) is 8.99. The molecule has 3 heterocycles. The number of piperidine rings is 1. The lowest BCUT2D eigenvalue weighted by atomic mass is 10.0. The molecule has 0 aromatic carbocycles. The van der Waals surface area contributed by atoms with Gasteiger partial charge in [0.2, 0.25) is 0 Å². The fourth-order valence-corrected chi connectivity index (χ4v) is 3.60. The average molecular weight is 251 g/mol. The molecule has 0 amide bonds. The van der Waals surface area contributed by atoms with Gasteiger partial charge in [-0.25, -0.2) is 9.97 Å². The second-order valence-corrected chi connectivity index (χ2v) is 5.74. The molecule has 84 valence electrons. The summed E-state index contributed by atoms with van der Waals surface area (Å²) < 4.78 is 0. The highest BCUT2D eigenvalue weighted by molar-refractivity contribution is 7.14. The second-order valence-electron chi connectivity index (χ2n) is 3.95. The third-order valence-corrected chi connectivity index (χ3v) is 4.62. The lowest BCUT2D eigenvalue weighted by Gasteiger charge is -2.20. The molecule has 1 atom stereocenters. The summed E-state index contributed by atoms with van der Waals surface area (Å²) in [6.45, 7) is 2.23. The fourth-order valence-electron chi connectivity index (χ4n) is 1.99. The summed E-state index contributed by atoms with van der Waals surface area (Å²) in [7, 11) is 0. The van der Waals surface area contributed by atoms with Crippen molar-refractivity contribution in [3.05, 3.63) is 22.0 Å². The van der Waals surface area contributed by atoms with Gasteiger partial charge in [0.1, 0.15) is 10.7 Å². The van der Waals surface area contributed by atoms with E-state index in [1.54, 1.807) is 22.7 Å². The van der Waals surface area contributed by atoms with Crippen molar-refractivity contribution in [2.75, 3.05) is 13.1 Å². The summed E-state index contributed by atoms with van der Waals surface area (Å²) in [5.74, 6) is 0.604. The van der Waals surface area contributed by atoms with E-state index in [9.17, 15) is 0 Å². The summed E-state index contributed by atoms with van der Waals surface area (Å²) in [5.41, 5.74) is 1.04. The van der Waals surface area contributed by atoms with Crippen LogP contribution in [0.5, 0.6) is 0 Å². The maximum absolute atomic E-state index is 4.70. The van der Waals surface area contributed by atoms with Crippen molar-refractivity contribution < 1.29 is 0 Å². The first-order valence-electron chi connectivity index (χ1n) is 5.49. The van der Waals surface area contributed by atoms with Crippen molar-refractivity contribution in [1.29, 1.82) is 0 Å². The maximum Gasteiger partial charge on any atom is 0.142 e. The van der Waals surface area contributed by atoms with E-state index in [1.807, 2.05) is 11.6 Å². The number of rotatable bonds is 2. The highest BCUT2D eigenvalue weighted by atomic mass is 32.1. The number of nitrogens with one attached hydrogen (secondary N) is 1. The average Bonchev–Trinajstić information content (AvgIpc) is 3.01. The molecular weight excluding hydrogens is 238 g/mol. The van der Waals surface area contributed by atoms with Gasteiger partial charge < -0.3 is 5.32 Å². The third kappa shape index (κ3) is 2.03. The van der Waals surface area contributed by atoms with Crippen LogP contribution in [-0.4, -0.2) is 23.1 Å². The van der Waals surface area contributed by atoms with Gasteiger partial charge in [-0.1, -0.05) is 0 Å². The van der Waals surface area contributed by atoms with Crippen molar-refractivity contribution in [3.8, 4) is 10.7 Å². The molecular formula is C11H13N3S2. The van der Waals surface area contributed by atoms with Crippen LogP contribution in [0.15, 0.2) is 17.0 Å². The van der Waals surface area contributed by atoms with Gasteiger partial charge in [0.25, 0.3) is 0 Å². The van der Waals surface area contributed by atoms with Gasteiger partial charge in [0.15, 0.2) is 0 Å². The molecule has 5 heteroatoms. The van der Waals surface area contributed by atoms with Crippen LogP contribution in [0.2, 0.25) is 0 Å². The Hall–Kier alpha value is -0.780. The SMILES string of the molecule is c1csc(-c2csc(C3CCCNC3)n2)n1. The van der Waals surface area contributed by atoms with Gasteiger partial charge >= 0.3 is 0 Å². The molecule has 2 aromatic heterocycles. The fraction of sp³-hybridized carbons (Fsp3) is 0.455. The van der Waals surface area contributed by atoms with Gasteiger partial charge in [-0.3, -0.25) is 0 Å². The van der Waals surface area contributed by atoms with E-state index in [2.05, 4.69) is 15.7 Å². The van der Waals surface area contributed by atoms with Crippen molar-refractivity contribution >= 4 is 22.7 Å². The molecule has 16 heavy (non-hydrogen) atoms. The molecule has 0 aliphatic carbocycles. The Morgan fingerprint density at radius 2 is 2.38 bits per heavy atom. The maximum atomic E-state index is 4.70. The van der Waals surface area contributed by atoms with Crippen LogP contribution in [0.1, 0.15) is 23.8 Å². The minimum absolute atomic E-state index is 0.604. The molecule has 2 aromatic rings. The topological polar surface area (TPSA) is 37.8 Å². The van der Waals surface area contributed by atoms with Crippen LogP contribution in [0.25, 0.3) is 10.7 Å². The smallest absolute Gasteiger partial charge is 0.142 e. The molecule has 0 bridgehead atoms. The Kier molecular flexibility index (Phi) is 2.99. The molecule has 0 spiro atoms. The van der Waals surface area contributed by atoms with Crippen molar-refractivity contribution in [2.24, 2.45) is 0 Å². The number of nitrogens with zero attached hydrogens (tertiary/aromatic N) is 2. The van der Waals surface area contributed by atoms with Crippen LogP contribution < -0.4 is 5.32 Å². The van der Waals surface area contributed by atoms with Gasteiger partial charge in [0, 0.05) is 29.4 Å². The molecule has 1 aliphatic heterocycles. The van der Waals surface area contributed by atoms with E-state index in [-0.39, 0.29) is 0 Å². The third-order valence-electron chi connectivity index (χ3n) is 2.82. The zero-order valence-electron chi connectivity index (χ0n) is 8.85. The quantitative estimate of drug-likeness (QED) is 0.892. The highest BCUT2D eigenvalue weighted by Crippen LogP contribution is 2.30. The first-order chi connectivity index (χ1) is 7.93. The lowest BCUT2D eigenvalue weighted by molar-refractivity contribution is 0.460. The number of thiazole rings is 2. The molecule has 1 aliphatic rings. The standard InChI is InChI=1S/C11H13N3S2/c1-2-8(6-12-3-1)10-14-9(7-16-10)11-13-4-5-15-11/h4-5,7-8,12H,1-3,6H2. The summed E-state index contributed by atoms with van der Waals surface area (Å²) in [6.07, 6.45) is 4.36. The lowest BCUT2D eigenvalue weighted by Crippen LogP contribution is -2.28. The molecule has 3 rings (SSSR count). The van der Waals surface area contributed by atoms with E-state index in [0.717, 1.165) is 23.8 Å². The van der Waals surface area contributed by atoms with Crippen LogP contribution in [-0.2, 0) is 0 Å². The predicted molar refractivity (Wildman–Crippen MR) is 68.1 cm³/mol. The van der Waals surface area contributed by atoms with Crippen LogP contribution in [0.3, 0.4) is 0 Å². The Morgan fingerprint density at radius 3 is 3.12 bits per heavy atom. The molecule has 1 saturated heterocycles. The second kappa shape index (κ2) is 4.61. The van der Waals surface area contributed by atoms with Crippen molar-refractivity contribution in [1.82, 2.24) is 15.3 Å². The first-order valence-corrected chi connectivity index (χ1v) is 7.25. The Morgan fingerprint density at radius 1 is 1.38 bits per heavy atom. The summed E-state index contributed by atoms with van der Waals surface area (Å²) in [5, 5.41) is 9.85. The molecule has 1 N–H and O–H groups in total. The number of hydrogen-bond donors (Lipinski definition) is 1. The molecule has 1 unspecified atom stereocenters. The number of hydrogen-bond acceptors (Lipinski definition) is 5. The number of aromatic nitrogens is 2. The van der Waals surface area contributed by atoms with E-state index < -0.39 is 0 Å². The monoisotopic (exact) mass is 251 g/mol. The van der Waals surface area contributed by atoms with Crippen molar-refractivity contribution in [3.63, 3.8) is 0 Å². The highest BCUT2D eigenvalue weighted by Gasteiger charge is 2.19. The van der Waals surface area contributed by atoms with Gasteiger partial charge in [-0.2, -0.15) is 0 Å². The summed E-state index contributed by atoms with van der Waals surface area (Å²) >= 11 is 3.42. The molecule has 3 nitrogen and oxygen atoms in total. The van der Waals surface area contributed by atoms with Crippen molar-refractivity contribution in [2.45, 2.75) is 18.8 Å². The zero-order chi connectivity index (χ0) is 10.8. The normalized spacial score (nSPS) is 21.1. The van der Waals surface area contributed by atoms with E-state index in [0.29, 0.717) is 5.92 Å². The van der Waals surface area contributed by atoms with Gasteiger partial charge in [-0.15, -0.1) is 22.7 Å². The zero-order valence-corrected chi connectivity index (χ0v) is 10.5. The van der Waals surface area contributed by atoms with E-state index >= 15 is 0 Å². The van der Waals surface area contributed by atoms with Crippen LogP contribution in [0, 0.1) is 0 Å². The first kappa shape index (κ1) is 10.4. The van der Waals surface area contributed by atoms with E-state index in [4.69, 9.17) is 4.98 Å². The largest absolute Gasteiger partial charge is 0.316 e. The Bertz CT molecular complexity index is 444. The van der Waals surface area contributed by atoms with Crippen LogP contribution in [0.4, 0.5) is 0 Å². The molecule has 0 saturated carbocycles. The minimum atomic E-state index is 0.604. The van der Waals surface area contributed by atoms with Crippen LogP contribution >= 0.6 is 22.7 Å². The van der Waals surface area contributed by atoms with Gasteiger partial charge in [0.05, 0.1) is 5.01 Å². The predicted octanol–water partition coefficient (Wildman–Crippen LogP) is 2.73. The molecule has 1 fully saturated rings. The minimum Gasteiger partial charge on any atom is -0.316 e.